The van der Waals surface area contributed by atoms with Gasteiger partial charge in [0.1, 0.15) is 0 Å². The van der Waals surface area contributed by atoms with Crippen LogP contribution < -0.4 is 20.2 Å². The molecule has 0 heterocycles. The average molecular weight is 813 g/mol. The first-order valence-corrected chi connectivity index (χ1v) is 30.7. The molecule has 6 aromatic rings. The monoisotopic (exact) mass is 812 g/mol. The largest absolute Gasteiger partial charge is 0.433 e. The predicted octanol–water partition coefficient (Wildman–Crippen LogP) is 11.8. The Morgan fingerprint density at radius 3 is 1.00 bits per heavy atom. The van der Waals surface area contributed by atoms with E-state index in [0.29, 0.717) is 0 Å². The van der Waals surface area contributed by atoms with Gasteiger partial charge in [-0.25, -0.2) is 0 Å². The normalized spacial score (nSPS) is 12.4. The number of nitrogens with zero attached hydrogens (tertiary/aromatic N) is 2. The summed E-state index contributed by atoms with van der Waals surface area (Å²) in [6.07, 6.45) is 0. The quantitative estimate of drug-likeness (QED) is 0.0963. The number of rotatable bonds is 15. The predicted molar refractivity (Wildman–Crippen MR) is 247 cm³/mol. The van der Waals surface area contributed by atoms with Crippen molar-refractivity contribution >= 4 is 78.3 Å². The van der Waals surface area contributed by atoms with Gasteiger partial charge in [-0.05, 0) is 147 Å². The lowest BCUT2D eigenvalue weighted by molar-refractivity contribution is 0.265. The van der Waals surface area contributed by atoms with Gasteiger partial charge < -0.3 is 26.9 Å². The number of anilines is 6. The van der Waals surface area contributed by atoms with Gasteiger partial charge in [-0.15, -0.1) is 0 Å². The van der Waals surface area contributed by atoms with Gasteiger partial charge in [0, 0.05) is 48.3 Å². The van der Waals surface area contributed by atoms with E-state index in [2.05, 4.69) is 214 Å². The highest BCUT2D eigenvalue weighted by Gasteiger charge is 2.42. The molecule has 0 N–H and O–H groups in total. The third kappa shape index (κ3) is 9.76. The summed E-state index contributed by atoms with van der Waals surface area (Å²) >= 11 is 0. The van der Waals surface area contributed by atoms with Crippen LogP contribution in [0.4, 0.5) is 34.1 Å². The van der Waals surface area contributed by atoms with Crippen LogP contribution in [-0.2, 0) is 17.1 Å². The Morgan fingerprint density at radius 1 is 0.339 bits per heavy atom. The Balaban J connectivity index is 1.34. The van der Waals surface area contributed by atoms with E-state index < -0.39 is 33.8 Å². The molecule has 0 radical (unpaired) electrons. The molecule has 6 rings (SSSR count). The smallest absolute Gasteiger partial charge is 0.368 e. The molecule has 0 atom stereocenters. The van der Waals surface area contributed by atoms with Crippen molar-refractivity contribution in [3.63, 3.8) is 0 Å². The SMILES string of the molecule is CO[Si](C)(OC)c1cccc(N(c2ccccc2)c2ccc(-c3ccc(N(c4ccccc4)c4cccc([Si](C)(O[Si](C)(C)C)O[Si](C)(C)C)c4)cc3)cc2)c1. The van der Waals surface area contributed by atoms with Gasteiger partial charge >= 0.3 is 17.1 Å². The zero-order chi connectivity index (χ0) is 40.1. The Hall–Kier alpha value is -4.37. The molecule has 10 heteroatoms. The molecule has 0 amide bonds. The fourth-order valence-corrected chi connectivity index (χ4v) is 20.2. The third-order valence-electron chi connectivity index (χ3n) is 9.65. The highest BCUT2D eigenvalue weighted by molar-refractivity contribution is 6.94. The summed E-state index contributed by atoms with van der Waals surface area (Å²) in [6.45, 7) is 17.8. The molecular formula is C46H56N2O4Si4. The van der Waals surface area contributed by atoms with Crippen molar-refractivity contribution in [3.05, 3.63) is 158 Å². The molecule has 0 aliphatic heterocycles. The first-order valence-electron chi connectivity index (χ1n) is 19.2. The van der Waals surface area contributed by atoms with Gasteiger partial charge in [0.05, 0.1) is 0 Å². The molecule has 0 saturated carbocycles. The van der Waals surface area contributed by atoms with Gasteiger partial charge in [-0.2, -0.15) is 0 Å². The van der Waals surface area contributed by atoms with Crippen molar-refractivity contribution in [2.45, 2.75) is 52.4 Å². The molecule has 6 nitrogen and oxygen atoms in total. The Morgan fingerprint density at radius 2 is 0.661 bits per heavy atom. The molecule has 6 aromatic carbocycles. The minimum Gasteiger partial charge on any atom is -0.433 e. The average Bonchev–Trinajstić information content (AvgIpc) is 3.18. The molecule has 0 spiro atoms. The standard InChI is InChI=1S/C46H56N2O4Si4/c1-49-55(9,50-2)45-25-17-23-43(35-45)47(39-19-13-11-14-20-39)41-31-27-37(28-32-41)38-29-33-42(34-30-38)48(40-21-15-12-16-22-40)44-24-18-26-46(36-44)56(10,51-53(3,4)5)52-54(6,7)8/h11-36H,1-10H3. The topological polar surface area (TPSA) is 43.4 Å². The molecule has 0 aliphatic carbocycles. The third-order valence-corrected chi connectivity index (χ3v) is 21.9. The van der Waals surface area contributed by atoms with Crippen LogP contribution >= 0.6 is 0 Å². The molecule has 0 saturated heterocycles. The van der Waals surface area contributed by atoms with E-state index >= 15 is 0 Å². The van der Waals surface area contributed by atoms with E-state index in [1.54, 1.807) is 14.2 Å². The first kappa shape index (κ1) is 41.3. The van der Waals surface area contributed by atoms with Crippen molar-refractivity contribution in [3.8, 4) is 11.1 Å². The lowest BCUT2D eigenvalue weighted by Crippen LogP contribution is -2.60. The highest BCUT2D eigenvalue weighted by atomic mass is 28.5. The molecule has 0 fully saturated rings. The number of benzene rings is 6. The van der Waals surface area contributed by atoms with E-state index in [4.69, 9.17) is 17.1 Å². The Bertz CT molecular complexity index is 2170. The van der Waals surface area contributed by atoms with Crippen LogP contribution in [0.15, 0.2) is 158 Å². The van der Waals surface area contributed by atoms with Crippen LogP contribution in [0.25, 0.3) is 11.1 Å². The molecule has 0 aliphatic rings. The lowest BCUT2D eigenvalue weighted by Gasteiger charge is -2.39. The highest BCUT2D eigenvalue weighted by Crippen LogP contribution is 2.38. The summed E-state index contributed by atoms with van der Waals surface area (Å²) in [7, 11) is -5.60. The maximum Gasteiger partial charge on any atom is 0.368 e. The van der Waals surface area contributed by atoms with Crippen LogP contribution in [0.1, 0.15) is 0 Å². The second-order valence-electron chi connectivity index (χ2n) is 16.3. The van der Waals surface area contributed by atoms with E-state index in [1.165, 1.54) is 0 Å². The maximum atomic E-state index is 6.96. The second-order valence-corrected chi connectivity index (χ2v) is 32.1. The van der Waals surface area contributed by atoms with Crippen molar-refractivity contribution in [2.24, 2.45) is 0 Å². The van der Waals surface area contributed by atoms with E-state index in [0.717, 1.165) is 55.6 Å². The van der Waals surface area contributed by atoms with Crippen molar-refractivity contribution < 1.29 is 17.1 Å². The number of hydrogen-bond acceptors (Lipinski definition) is 6. The molecule has 56 heavy (non-hydrogen) atoms. The van der Waals surface area contributed by atoms with Gasteiger partial charge in [0.2, 0.25) is 0 Å². The Labute approximate surface area is 339 Å². The molecule has 0 aromatic heterocycles. The van der Waals surface area contributed by atoms with Crippen molar-refractivity contribution in [2.75, 3.05) is 24.0 Å². The van der Waals surface area contributed by atoms with Gasteiger partial charge in [0.15, 0.2) is 16.6 Å². The lowest BCUT2D eigenvalue weighted by atomic mass is 10.0. The van der Waals surface area contributed by atoms with E-state index in [-0.39, 0.29) is 0 Å². The number of para-hydroxylation sites is 2. The minimum absolute atomic E-state index is 1.05. The van der Waals surface area contributed by atoms with Crippen LogP contribution in [-0.4, -0.2) is 48.0 Å². The zero-order valence-electron chi connectivity index (χ0n) is 34.5. The summed E-state index contributed by atoms with van der Waals surface area (Å²) in [4.78, 5) is 4.60. The van der Waals surface area contributed by atoms with E-state index in [1.807, 2.05) is 6.07 Å². The zero-order valence-corrected chi connectivity index (χ0v) is 38.5. The minimum atomic E-state index is -2.72. The van der Waals surface area contributed by atoms with Crippen molar-refractivity contribution in [1.29, 1.82) is 0 Å². The van der Waals surface area contributed by atoms with Crippen LogP contribution in [0.3, 0.4) is 0 Å². The van der Waals surface area contributed by atoms with Gasteiger partial charge in [-0.1, -0.05) is 84.9 Å². The van der Waals surface area contributed by atoms with Crippen LogP contribution in [0, 0.1) is 0 Å². The summed E-state index contributed by atoms with van der Waals surface area (Å²) < 4.78 is 25.7. The second kappa shape index (κ2) is 17.0. The van der Waals surface area contributed by atoms with Gasteiger partial charge in [-0.3, -0.25) is 0 Å². The van der Waals surface area contributed by atoms with Crippen molar-refractivity contribution in [1.82, 2.24) is 0 Å². The van der Waals surface area contributed by atoms with Crippen LogP contribution in [0.2, 0.25) is 52.4 Å². The molecule has 290 valence electrons. The number of hydrogen-bond donors (Lipinski definition) is 0. The fraction of sp³-hybridized carbons (Fsp3) is 0.217. The Kier molecular flexibility index (Phi) is 12.5. The summed E-state index contributed by atoms with van der Waals surface area (Å²) in [5, 5.41) is 2.23. The first-order chi connectivity index (χ1) is 26.6. The van der Waals surface area contributed by atoms with E-state index in [9.17, 15) is 0 Å². The molecule has 0 unspecified atom stereocenters. The fourth-order valence-electron chi connectivity index (χ4n) is 7.14. The summed E-state index contributed by atoms with van der Waals surface area (Å²) in [5.41, 5.74) is 8.71. The summed E-state index contributed by atoms with van der Waals surface area (Å²) in [6, 6.07) is 56.0. The summed E-state index contributed by atoms with van der Waals surface area (Å²) in [5.74, 6) is 0. The van der Waals surface area contributed by atoms with Crippen LogP contribution in [0.5, 0.6) is 0 Å². The molecule has 0 bridgehead atoms. The molecular weight excluding hydrogens is 757 g/mol. The maximum absolute atomic E-state index is 6.96. The van der Waals surface area contributed by atoms with Gasteiger partial charge in [0.25, 0.3) is 0 Å².